The van der Waals surface area contributed by atoms with Crippen LogP contribution in [0.5, 0.6) is 0 Å². The minimum atomic E-state index is -0.536. The molecule has 0 saturated carbocycles. The van der Waals surface area contributed by atoms with Gasteiger partial charge in [-0.2, -0.15) is 0 Å². The van der Waals surface area contributed by atoms with E-state index in [0.29, 0.717) is 13.1 Å². The van der Waals surface area contributed by atoms with Crippen LogP contribution in [0.2, 0.25) is 0 Å². The first-order chi connectivity index (χ1) is 5.56. The van der Waals surface area contributed by atoms with Gasteiger partial charge in [-0.15, -0.1) is 0 Å². The zero-order valence-electron chi connectivity index (χ0n) is 7.79. The molecule has 5 heteroatoms. The Hall–Kier alpha value is -0.650. The number of hydrogen-bond acceptors (Lipinski definition) is 4. The largest absolute Gasteiger partial charge is 0.390 e. The first-order valence-electron chi connectivity index (χ1n) is 3.87. The Morgan fingerprint density at radius 1 is 1.67 bits per heavy atom. The number of likely N-dealkylation sites (N-methyl/N-ethyl adjacent to an activating group) is 1. The molecular weight excluding hydrogens is 158 g/mol. The molecule has 0 radical (unpaired) electrons. The van der Waals surface area contributed by atoms with Gasteiger partial charge >= 0.3 is 0 Å². The second kappa shape index (κ2) is 5.93. The molecule has 0 aliphatic heterocycles. The molecular formula is C7H17N3O2. The average molecular weight is 175 g/mol. The van der Waals surface area contributed by atoms with E-state index >= 15 is 0 Å². The summed E-state index contributed by atoms with van der Waals surface area (Å²) in [7, 11) is 3.59. The molecule has 0 aromatic heterocycles. The van der Waals surface area contributed by atoms with Gasteiger partial charge in [-0.3, -0.25) is 10.2 Å². The quantitative estimate of drug-likeness (QED) is 0.447. The number of rotatable bonds is 5. The third-order valence-electron chi connectivity index (χ3n) is 1.45. The highest BCUT2D eigenvalue weighted by molar-refractivity contribution is 5.72. The van der Waals surface area contributed by atoms with E-state index in [4.69, 9.17) is 0 Å². The van der Waals surface area contributed by atoms with Crippen molar-refractivity contribution < 1.29 is 9.90 Å². The second-order valence-corrected chi connectivity index (χ2v) is 2.70. The average Bonchev–Trinajstić information content (AvgIpc) is 2.00. The van der Waals surface area contributed by atoms with E-state index in [9.17, 15) is 9.90 Å². The summed E-state index contributed by atoms with van der Waals surface area (Å²) in [5, 5.41) is 13.6. The summed E-state index contributed by atoms with van der Waals surface area (Å²) in [6.45, 7) is 2.20. The third-order valence-corrected chi connectivity index (χ3v) is 1.45. The SMILES string of the molecule is CNN(C)CC(O)CNC(C)=O. The number of nitrogens with one attached hydrogen (secondary N) is 2. The lowest BCUT2D eigenvalue weighted by atomic mass is 10.3. The number of nitrogens with zero attached hydrogens (tertiary/aromatic N) is 1. The van der Waals surface area contributed by atoms with Crippen molar-refractivity contribution in [3.63, 3.8) is 0 Å². The molecule has 0 aromatic carbocycles. The number of aliphatic hydroxyl groups is 1. The summed E-state index contributed by atoms with van der Waals surface area (Å²) in [6.07, 6.45) is -0.536. The number of hydrogen-bond donors (Lipinski definition) is 3. The molecule has 0 heterocycles. The highest BCUT2D eigenvalue weighted by atomic mass is 16.3. The number of hydrazine groups is 1. The van der Waals surface area contributed by atoms with Gasteiger partial charge in [0.1, 0.15) is 0 Å². The predicted octanol–water partition coefficient (Wildman–Crippen LogP) is -1.45. The van der Waals surface area contributed by atoms with Gasteiger partial charge in [0.15, 0.2) is 0 Å². The van der Waals surface area contributed by atoms with Gasteiger partial charge < -0.3 is 10.4 Å². The van der Waals surface area contributed by atoms with Gasteiger partial charge in [-0.05, 0) is 7.05 Å². The molecule has 72 valence electrons. The molecule has 0 aliphatic carbocycles. The first kappa shape index (κ1) is 11.4. The Kier molecular flexibility index (Phi) is 5.61. The summed E-state index contributed by atoms with van der Waals surface area (Å²) >= 11 is 0. The minimum Gasteiger partial charge on any atom is -0.390 e. The first-order valence-corrected chi connectivity index (χ1v) is 3.87. The summed E-state index contributed by atoms with van der Waals surface area (Å²) < 4.78 is 0. The van der Waals surface area contributed by atoms with E-state index < -0.39 is 6.10 Å². The van der Waals surface area contributed by atoms with Crippen molar-refractivity contribution in [1.29, 1.82) is 0 Å². The van der Waals surface area contributed by atoms with Crippen LogP contribution in [0.1, 0.15) is 6.92 Å². The zero-order valence-corrected chi connectivity index (χ0v) is 7.79. The number of aliphatic hydroxyl groups excluding tert-OH is 1. The smallest absolute Gasteiger partial charge is 0.216 e. The van der Waals surface area contributed by atoms with Crippen LogP contribution in [0.25, 0.3) is 0 Å². The van der Waals surface area contributed by atoms with Gasteiger partial charge in [0.05, 0.1) is 6.10 Å². The fraction of sp³-hybridized carbons (Fsp3) is 0.857. The predicted molar refractivity (Wildman–Crippen MR) is 46.4 cm³/mol. The van der Waals surface area contributed by atoms with E-state index in [-0.39, 0.29) is 5.91 Å². The van der Waals surface area contributed by atoms with Crippen molar-refractivity contribution in [2.24, 2.45) is 0 Å². The van der Waals surface area contributed by atoms with Crippen LogP contribution in [0.15, 0.2) is 0 Å². The molecule has 0 fully saturated rings. The lowest BCUT2D eigenvalue weighted by molar-refractivity contribution is -0.119. The Morgan fingerprint density at radius 3 is 2.67 bits per heavy atom. The van der Waals surface area contributed by atoms with Crippen molar-refractivity contribution in [1.82, 2.24) is 15.8 Å². The maximum Gasteiger partial charge on any atom is 0.216 e. The topological polar surface area (TPSA) is 64.6 Å². The zero-order chi connectivity index (χ0) is 9.56. The standard InChI is InChI=1S/C7H17N3O2/c1-6(11)9-4-7(12)5-10(3)8-2/h7-8,12H,4-5H2,1-3H3,(H,9,11). The van der Waals surface area contributed by atoms with Crippen LogP contribution < -0.4 is 10.7 Å². The van der Waals surface area contributed by atoms with E-state index in [1.807, 2.05) is 7.05 Å². The molecule has 1 amide bonds. The molecule has 3 N–H and O–H groups in total. The Balaban J connectivity index is 3.45. The van der Waals surface area contributed by atoms with E-state index in [2.05, 4.69) is 10.7 Å². The van der Waals surface area contributed by atoms with Gasteiger partial charge in [-0.1, -0.05) is 0 Å². The Bertz CT molecular complexity index is 141. The summed E-state index contributed by atoms with van der Waals surface area (Å²) in [4.78, 5) is 10.5. The summed E-state index contributed by atoms with van der Waals surface area (Å²) in [6, 6.07) is 0. The van der Waals surface area contributed by atoms with Crippen molar-refractivity contribution in [2.45, 2.75) is 13.0 Å². The highest BCUT2D eigenvalue weighted by Gasteiger charge is 2.06. The normalized spacial score (nSPS) is 13.1. The molecule has 0 bridgehead atoms. The van der Waals surface area contributed by atoms with Gasteiger partial charge in [0.25, 0.3) is 0 Å². The molecule has 1 atom stereocenters. The van der Waals surface area contributed by atoms with Crippen LogP contribution in [-0.4, -0.2) is 49.3 Å². The maximum atomic E-state index is 10.5. The summed E-state index contributed by atoms with van der Waals surface area (Å²) in [5.41, 5.74) is 2.84. The van der Waals surface area contributed by atoms with Crippen LogP contribution in [0.4, 0.5) is 0 Å². The van der Waals surface area contributed by atoms with Crippen LogP contribution in [0, 0.1) is 0 Å². The lowest BCUT2D eigenvalue weighted by Gasteiger charge is -2.19. The van der Waals surface area contributed by atoms with Crippen molar-refractivity contribution in [2.75, 3.05) is 27.2 Å². The lowest BCUT2D eigenvalue weighted by Crippen LogP contribution is -2.42. The van der Waals surface area contributed by atoms with Gasteiger partial charge in [0, 0.05) is 27.1 Å². The molecule has 0 aromatic rings. The Labute approximate surface area is 72.7 Å². The maximum absolute atomic E-state index is 10.5. The second-order valence-electron chi connectivity index (χ2n) is 2.70. The molecule has 0 saturated heterocycles. The minimum absolute atomic E-state index is 0.124. The van der Waals surface area contributed by atoms with Crippen LogP contribution in [-0.2, 0) is 4.79 Å². The highest BCUT2D eigenvalue weighted by Crippen LogP contribution is 1.83. The van der Waals surface area contributed by atoms with E-state index in [0.717, 1.165) is 0 Å². The number of amides is 1. The fourth-order valence-electron chi connectivity index (χ4n) is 0.734. The van der Waals surface area contributed by atoms with Crippen molar-refractivity contribution >= 4 is 5.91 Å². The molecule has 0 spiro atoms. The molecule has 5 nitrogen and oxygen atoms in total. The van der Waals surface area contributed by atoms with Crippen LogP contribution in [0.3, 0.4) is 0 Å². The van der Waals surface area contributed by atoms with Gasteiger partial charge in [0.2, 0.25) is 5.91 Å². The third kappa shape index (κ3) is 6.09. The molecule has 0 rings (SSSR count). The van der Waals surface area contributed by atoms with E-state index in [1.165, 1.54) is 6.92 Å². The van der Waals surface area contributed by atoms with Crippen molar-refractivity contribution in [3.05, 3.63) is 0 Å². The molecule has 0 aliphatic rings. The van der Waals surface area contributed by atoms with Crippen molar-refractivity contribution in [3.8, 4) is 0 Å². The number of carbonyl (C=O) groups excluding carboxylic acids is 1. The van der Waals surface area contributed by atoms with E-state index in [1.54, 1.807) is 12.1 Å². The van der Waals surface area contributed by atoms with Gasteiger partial charge in [-0.25, -0.2) is 5.01 Å². The van der Waals surface area contributed by atoms with Crippen LogP contribution >= 0.6 is 0 Å². The number of carbonyl (C=O) groups is 1. The fourth-order valence-corrected chi connectivity index (χ4v) is 0.734. The summed E-state index contributed by atoms with van der Waals surface area (Å²) in [5.74, 6) is -0.124. The Morgan fingerprint density at radius 2 is 2.25 bits per heavy atom. The molecule has 12 heavy (non-hydrogen) atoms. The monoisotopic (exact) mass is 175 g/mol. The molecule has 1 unspecified atom stereocenters.